The molecule has 2 heterocycles. The number of hydrogen-bond donors (Lipinski definition) is 1. The number of nitrogens with zero attached hydrogens (tertiary/aromatic N) is 2. The molecule has 1 atom stereocenters. The Hall–Kier alpha value is -1.36. The van der Waals surface area contributed by atoms with Crippen LogP contribution in [0.1, 0.15) is 19.3 Å². The summed E-state index contributed by atoms with van der Waals surface area (Å²) < 4.78 is 0. The highest BCUT2D eigenvalue weighted by Gasteiger charge is 2.32. The maximum atomic E-state index is 12.2. The Kier molecular flexibility index (Phi) is 4.96. The van der Waals surface area contributed by atoms with Gasteiger partial charge in [0.25, 0.3) is 0 Å². The van der Waals surface area contributed by atoms with Crippen molar-refractivity contribution < 1.29 is 9.59 Å². The lowest BCUT2D eigenvalue weighted by molar-refractivity contribution is -0.134. The van der Waals surface area contributed by atoms with Crippen molar-refractivity contribution in [3.63, 3.8) is 0 Å². The standard InChI is InChI=1S/C14H23N3O2/c1-2-6-15-13(18)11-16-9-5-12(10-16)14(19)17-7-3-4-8-17/h2,12H,1,3-11H2,(H,15,18). The van der Waals surface area contributed by atoms with E-state index in [2.05, 4.69) is 16.8 Å². The minimum Gasteiger partial charge on any atom is -0.352 e. The number of amides is 2. The van der Waals surface area contributed by atoms with Gasteiger partial charge in [0.05, 0.1) is 12.5 Å². The van der Waals surface area contributed by atoms with Crippen molar-refractivity contribution in [2.75, 3.05) is 39.3 Å². The molecule has 0 aliphatic carbocycles. The quantitative estimate of drug-likeness (QED) is 0.724. The van der Waals surface area contributed by atoms with Crippen molar-refractivity contribution in [3.8, 4) is 0 Å². The van der Waals surface area contributed by atoms with Crippen LogP contribution in [-0.2, 0) is 9.59 Å². The SMILES string of the molecule is C=CCNC(=O)CN1CCC(C(=O)N2CCCC2)C1. The van der Waals surface area contributed by atoms with Crippen LogP contribution in [0.3, 0.4) is 0 Å². The largest absolute Gasteiger partial charge is 0.352 e. The number of nitrogens with one attached hydrogen (secondary N) is 1. The van der Waals surface area contributed by atoms with Crippen molar-refractivity contribution in [2.24, 2.45) is 5.92 Å². The highest BCUT2D eigenvalue weighted by molar-refractivity contribution is 5.80. The number of rotatable bonds is 5. The van der Waals surface area contributed by atoms with Gasteiger partial charge in [0.2, 0.25) is 11.8 Å². The fourth-order valence-corrected chi connectivity index (χ4v) is 2.82. The second-order valence-corrected chi connectivity index (χ2v) is 5.35. The van der Waals surface area contributed by atoms with Crippen molar-refractivity contribution in [2.45, 2.75) is 19.3 Å². The third-order valence-electron chi connectivity index (χ3n) is 3.85. The first-order valence-corrected chi connectivity index (χ1v) is 7.09. The molecule has 0 aromatic rings. The van der Waals surface area contributed by atoms with Gasteiger partial charge in [-0.05, 0) is 25.8 Å². The molecule has 1 unspecified atom stereocenters. The molecule has 2 amide bonds. The molecule has 0 bridgehead atoms. The highest BCUT2D eigenvalue weighted by atomic mass is 16.2. The normalized spacial score (nSPS) is 23.6. The fourth-order valence-electron chi connectivity index (χ4n) is 2.82. The van der Waals surface area contributed by atoms with E-state index in [9.17, 15) is 9.59 Å². The monoisotopic (exact) mass is 265 g/mol. The van der Waals surface area contributed by atoms with Crippen LogP contribution in [0.25, 0.3) is 0 Å². The molecule has 2 fully saturated rings. The fraction of sp³-hybridized carbons (Fsp3) is 0.714. The Morgan fingerprint density at radius 3 is 2.68 bits per heavy atom. The van der Waals surface area contributed by atoms with Gasteiger partial charge in [0, 0.05) is 26.2 Å². The average Bonchev–Trinajstić information content (AvgIpc) is 3.06. The first kappa shape index (κ1) is 14.1. The van der Waals surface area contributed by atoms with Crippen LogP contribution < -0.4 is 5.32 Å². The van der Waals surface area contributed by atoms with Crippen LogP contribution in [0.2, 0.25) is 0 Å². The minimum atomic E-state index is 0.00849. The number of carbonyl (C=O) groups is 2. The maximum Gasteiger partial charge on any atom is 0.234 e. The summed E-state index contributed by atoms with van der Waals surface area (Å²) in [4.78, 5) is 27.9. The molecule has 2 aliphatic rings. The molecule has 0 spiro atoms. The van der Waals surface area contributed by atoms with Crippen molar-refractivity contribution in [1.82, 2.24) is 15.1 Å². The van der Waals surface area contributed by atoms with Gasteiger partial charge in [-0.15, -0.1) is 6.58 Å². The molecule has 5 nitrogen and oxygen atoms in total. The van der Waals surface area contributed by atoms with Gasteiger partial charge in [-0.3, -0.25) is 14.5 Å². The summed E-state index contributed by atoms with van der Waals surface area (Å²) in [6.07, 6.45) is 4.81. The van der Waals surface area contributed by atoms with E-state index in [-0.39, 0.29) is 17.7 Å². The van der Waals surface area contributed by atoms with Gasteiger partial charge >= 0.3 is 0 Å². The second kappa shape index (κ2) is 6.70. The number of likely N-dealkylation sites (tertiary alicyclic amines) is 2. The van der Waals surface area contributed by atoms with Gasteiger partial charge in [0.1, 0.15) is 0 Å². The molecule has 2 saturated heterocycles. The number of hydrogen-bond acceptors (Lipinski definition) is 3. The average molecular weight is 265 g/mol. The van der Waals surface area contributed by atoms with Gasteiger partial charge in [-0.2, -0.15) is 0 Å². The highest BCUT2D eigenvalue weighted by Crippen LogP contribution is 2.20. The molecule has 0 aromatic heterocycles. The summed E-state index contributed by atoms with van der Waals surface area (Å²) >= 11 is 0. The van der Waals surface area contributed by atoms with Gasteiger partial charge in [-0.25, -0.2) is 0 Å². The third-order valence-corrected chi connectivity index (χ3v) is 3.85. The Bertz CT molecular complexity index is 351. The van der Waals surface area contributed by atoms with E-state index in [0.29, 0.717) is 13.1 Å². The maximum absolute atomic E-state index is 12.2. The zero-order chi connectivity index (χ0) is 13.7. The van der Waals surface area contributed by atoms with E-state index in [0.717, 1.165) is 45.4 Å². The van der Waals surface area contributed by atoms with E-state index in [4.69, 9.17) is 0 Å². The number of carbonyl (C=O) groups excluding carboxylic acids is 2. The summed E-state index contributed by atoms with van der Waals surface area (Å²) in [5, 5.41) is 2.76. The summed E-state index contributed by atoms with van der Waals surface area (Å²) in [5.74, 6) is 0.381. The van der Waals surface area contributed by atoms with Gasteiger partial charge < -0.3 is 10.2 Å². The van der Waals surface area contributed by atoms with E-state index < -0.39 is 0 Å². The molecule has 0 saturated carbocycles. The third kappa shape index (κ3) is 3.80. The second-order valence-electron chi connectivity index (χ2n) is 5.35. The molecule has 19 heavy (non-hydrogen) atoms. The van der Waals surface area contributed by atoms with E-state index >= 15 is 0 Å². The molecule has 1 N–H and O–H groups in total. The van der Waals surface area contributed by atoms with Crippen LogP contribution in [0, 0.1) is 5.92 Å². The Labute approximate surface area is 114 Å². The predicted octanol–water partition coefficient (Wildman–Crippen LogP) is 0.233. The topological polar surface area (TPSA) is 52.7 Å². The van der Waals surface area contributed by atoms with E-state index in [1.165, 1.54) is 0 Å². The van der Waals surface area contributed by atoms with Crippen molar-refractivity contribution in [3.05, 3.63) is 12.7 Å². The zero-order valence-corrected chi connectivity index (χ0v) is 11.4. The Morgan fingerprint density at radius 2 is 2.00 bits per heavy atom. The smallest absolute Gasteiger partial charge is 0.234 e. The summed E-state index contributed by atoms with van der Waals surface area (Å²) in [6, 6.07) is 0. The predicted molar refractivity (Wildman–Crippen MR) is 73.6 cm³/mol. The zero-order valence-electron chi connectivity index (χ0n) is 11.4. The van der Waals surface area contributed by atoms with Crippen LogP contribution >= 0.6 is 0 Å². The first-order valence-electron chi connectivity index (χ1n) is 7.09. The lowest BCUT2D eigenvalue weighted by Crippen LogP contribution is -2.38. The summed E-state index contributed by atoms with van der Waals surface area (Å²) in [6.45, 7) is 7.84. The molecule has 5 heteroatoms. The molecule has 0 radical (unpaired) electrons. The van der Waals surface area contributed by atoms with Crippen LogP contribution in [0.4, 0.5) is 0 Å². The minimum absolute atomic E-state index is 0.00849. The molecule has 2 rings (SSSR count). The first-order chi connectivity index (χ1) is 9.20. The van der Waals surface area contributed by atoms with E-state index in [1.807, 2.05) is 4.90 Å². The molecule has 2 aliphatic heterocycles. The summed E-state index contributed by atoms with van der Waals surface area (Å²) in [7, 11) is 0. The molecular formula is C14H23N3O2. The van der Waals surface area contributed by atoms with Crippen LogP contribution in [-0.4, -0.2) is 60.9 Å². The Morgan fingerprint density at radius 1 is 1.26 bits per heavy atom. The van der Waals surface area contributed by atoms with E-state index in [1.54, 1.807) is 6.08 Å². The molecule has 106 valence electrons. The lowest BCUT2D eigenvalue weighted by Gasteiger charge is -2.20. The van der Waals surface area contributed by atoms with Gasteiger partial charge in [0.15, 0.2) is 0 Å². The Balaban J connectivity index is 1.74. The molecule has 0 aromatic carbocycles. The lowest BCUT2D eigenvalue weighted by atomic mass is 10.1. The van der Waals surface area contributed by atoms with Crippen LogP contribution in [0.5, 0.6) is 0 Å². The summed E-state index contributed by atoms with van der Waals surface area (Å²) in [5.41, 5.74) is 0. The molecular weight excluding hydrogens is 242 g/mol. The van der Waals surface area contributed by atoms with Crippen molar-refractivity contribution in [1.29, 1.82) is 0 Å². The van der Waals surface area contributed by atoms with Crippen LogP contribution in [0.15, 0.2) is 12.7 Å². The van der Waals surface area contributed by atoms with Crippen molar-refractivity contribution >= 4 is 11.8 Å². The van der Waals surface area contributed by atoms with Gasteiger partial charge in [-0.1, -0.05) is 6.08 Å².